The van der Waals surface area contributed by atoms with Gasteiger partial charge in [0.15, 0.2) is 5.96 Å². The Bertz CT molecular complexity index is 581. The Labute approximate surface area is 160 Å². The molecule has 1 atom stereocenters. The summed E-state index contributed by atoms with van der Waals surface area (Å²) in [4.78, 5) is 6.85. The van der Waals surface area contributed by atoms with E-state index < -0.39 is 6.61 Å². The predicted molar refractivity (Wildman–Crippen MR) is 105 cm³/mol. The molecule has 2 N–H and O–H groups in total. The zero-order valence-corrected chi connectivity index (χ0v) is 16.9. The van der Waals surface area contributed by atoms with E-state index >= 15 is 0 Å². The lowest BCUT2D eigenvalue weighted by molar-refractivity contribution is -0.0504. The van der Waals surface area contributed by atoms with Crippen molar-refractivity contribution in [3.05, 3.63) is 23.8 Å². The number of rotatable bonds is 11. The standard InChI is InChI=1S/C19H32F2N4O2/c1-6-22-19(23-12-14(4)25(7-2)8-3)24-13-15-11-16(26-5)9-10-17(15)27-18(20)21/h9-11,14,18H,6-8,12-13H2,1-5H3,(H2,22,23,24). The minimum atomic E-state index is -2.89. The average Bonchev–Trinajstić information content (AvgIpc) is 2.65. The van der Waals surface area contributed by atoms with Gasteiger partial charge in [0.1, 0.15) is 11.5 Å². The minimum Gasteiger partial charge on any atom is -0.497 e. The summed E-state index contributed by atoms with van der Waals surface area (Å²) in [5, 5.41) is 6.48. The molecule has 0 radical (unpaired) electrons. The molecule has 0 aromatic heterocycles. The number of nitrogens with one attached hydrogen (secondary N) is 2. The maximum absolute atomic E-state index is 12.6. The summed E-state index contributed by atoms with van der Waals surface area (Å²) < 4.78 is 35.0. The van der Waals surface area contributed by atoms with E-state index in [0.717, 1.165) is 19.6 Å². The fourth-order valence-corrected chi connectivity index (χ4v) is 2.74. The van der Waals surface area contributed by atoms with E-state index in [1.165, 1.54) is 13.2 Å². The van der Waals surface area contributed by atoms with Crippen LogP contribution in [0.5, 0.6) is 11.5 Å². The first-order valence-corrected chi connectivity index (χ1v) is 9.32. The van der Waals surface area contributed by atoms with Crippen molar-refractivity contribution in [1.82, 2.24) is 15.5 Å². The van der Waals surface area contributed by atoms with Gasteiger partial charge in [0.05, 0.1) is 13.7 Å². The maximum atomic E-state index is 12.6. The summed E-state index contributed by atoms with van der Waals surface area (Å²) in [5.74, 6) is 1.29. The van der Waals surface area contributed by atoms with Gasteiger partial charge >= 0.3 is 6.61 Å². The van der Waals surface area contributed by atoms with Crippen LogP contribution in [-0.4, -0.2) is 56.8 Å². The Morgan fingerprint density at radius 2 is 1.89 bits per heavy atom. The van der Waals surface area contributed by atoms with Gasteiger partial charge in [-0.05, 0) is 45.1 Å². The second kappa shape index (κ2) is 12.3. The van der Waals surface area contributed by atoms with Crippen molar-refractivity contribution in [2.75, 3.05) is 33.3 Å². The summed E-state index contributed by atoms with van der Waals surface area (Å²) >= 11 is 0. The zero-order valence-electron chi connectivity index (χ0n) is 16.9. The molecular formula is C19H32F2N4O2. The Morgan fingerprint density at radius 1 is 1.19 bits per heavy atom. The molecule has 0 aliphatic heterocycles. The molecular weight excluding hydrogens is 354 g/mol. The van der Waals surface area contributed by atoms with Crippen molar-refractivity contribution in [3.63, 3.8) is 0 Å². The van der Waals surface area contributed by atoms with Crippen LogP contribution in [0.25, 0.3) is 0 Å². The van der Waals surface area contributed by atoms with Gasteiger partial charge in [0.2, 0.25) is 0 Å². The molecule has 0 fully saturated rings. The first-order valence-electron chi connectivity index (χ1n) is 9.32. The highest BCUT2D eigenvalue weighted by atomic mass is 19.3. The molecule has 6 nitrogen and oxygen atoms in total. The summed E-state index contributed by atoms with van der Waals surface area (Å²) in [6.45, 7) is 9.07. The number of ether oxygens (including phenoxy) is 2. The summed E-state index contributed by atoms with van der Waals surface area (Å²) in [5.41, 5.74) is 0.531. The SMILES string of the molecule is CCNC(=NCc1cc(OC)ccc1OC(F)F)NCC(C)N(CC)CC. The van der Waals surface area contributed by atoms with E-state index in [0.29, 0.717) is 29.9 Å². The fraction of sp³-hybridized carbons (Fsp3) is 0.632. The third kappa shape index (κ3) is 7.99. The fourth-order valence-electron chi connectivity index (χ4n) is 2.74. The normalized spacial score (nSPS) is 13.0. The topological polar surface area (TPSA) is 58.1 Å². The number of halogens is 2. The number of guanidine groups is 1. The molecule has 0 aliphatic rings. The molecule has 1 aromatic carbocycles. The first kappa shape index (κ1) is 23.0. The first-order chi connectivity index (χ1) is 12.9. The second-order valence-electron chi connectivity index (χ2n) is 6.00. The van der Waals surface area contributed by atoms with Crippen molar-refractivity contribution >= 4 is 5.96 Å². The van der Waals surface area contributed by atoms with Gasteiger partial charge in [0.25, 0.3) is 0 Å². The van der Waals surface area contributed by atoms with E-state index in [4.69, 9.17) is 4.74 Å². The molecule has 0 saturated heterocycles. The van der Waals surface area contributed by atoms with Crippen molar-refractivity contribution in [2.45, 2.75) is 46.9 Å². The highest BCUT2D eigenvalue weighted by Crippen LogP contribution is 2.26. The molecule has 8 heteroatoms. The number of aliphatic imine (C=N–C) groups is 1. The smallest absolute Gasteiger partial charge is 0.387 e. The van der Waals surface area contributed by atoms with Crippen LogP contribution in [0.3, 0.4) is 0 Å². The zero-order chi connectivity index (χ0) is 20.2. The Hall–Kier alpha value is -2.09. The predicted octanol–water partition coefficient (Wildman–Crippen LogP) is 3.08. The monoisotopic (exact) mass is 386 g/mol. The summed E-state index contributed by atoms with van der Waals surface area (Å²) in [6, 6.07) is 5.06. The van der Waals surface area contributed by atoms with Crippen molar-refractivity contribution in [3.8, 4) is 11.5 Å². The second-order valence-corrected chi connectivity index (χ2v) is 6.00. The average molecular weight is 386 g/mol. The molecule has 1 rings (SSSR count). The van der Waals surface area contributed by atoms with Gasteiger partial charge in [0, 0.05) is 24.7 Å². The number of alkyl halides is 2. The van der Waals surface area contributed by atoms with Gasteiger partial charge in [-0.15, -0.1) is 0 Å². The third-order valence-electron chi connectivity index (χ3n) is 4.24. The van der Waals surface area contributed by atoms with Crippen LogP contribution in [-0.2, 0) is 6.54 Å². The maximum Gasteiger partial charge on any atom is 0.387 e. The Kier molecular flexibility index (Phi) is 10.5. The molecule has 1 unspecified atom stereocenters. The molecule has 0 heterocycles. The third-order valence-corrected chi connectivity index (χ3v) is 4.24. The van der Waals surface area contributed by atoms with Crippen LogP contribution in [0, 0.1) is 0 Å². The van der Waals surface area contributed by atoms with Crippen molar-refractivity contribution < 1.29 is 18.3 Å². The minimum absolute atomic E-state index is 0.0990. The van der Waals surface area contributed by atoms with Crippen LogP contribution in [0.15, 0.2) is 23.2 Å². The lowest BCUT2D eigenvalue weighted by Crippen LogP contribution is -2.46. The lowest BCUT2D eigenvalue weighted by atomic mass is 10.2. The van der Waals surface area contributed by atoms with Crippen LogP contribution < -0.4 is 20.1 Å². The molecule has 0 aliphatic carbocycles. The van der Waals surface area contributed by atoms with Crippen molar-refractivity contribution in [2.24, 2.45) is 4.99 Å². The Morgan fingerprint density at radius 3 is 2.44 bits per heavy atom. The number of likely N-dealkylation sites (N-methyl/N-ethyl adjacent to an activating group) is 1. The van der Waals surface area contributed by atoms with Crippen LogP contribution in [0.1, 0.15) is 33.3 Å². The summed E-state index contributed by atoms with van der Waals surface area (Å²) in [7, 11) is 1.52. The van der Waals surface area contributed by atoms with E-state index in [1.54, 1.807) is 12.1 Å². The largest absolute Gasteiger partial charge is 0.497 e. The molecule has 154 valence electrons. The molecule has 0 amide bonds. The van der Waals surface area contributed by atoms with E-state index in [2.05, 4.69) is 46.0 Å². The van der Waals surface area contributed by atoms with E-state index in [9.17, 15) is 8.78 Å². The molecule has 27 heavy (non-hydrogen) atoms. The highest BCUT2D eigenvalue weighted by Gasteiger charge is 2.13. The van der Waals surface area contributed by atoms with E-state index in [-0.39, 0.29) is 12.3 Å². The molecule has 0 saturated carbocycles. The van der Waals surface area contributed by atoms with Crippen LogP contribution in [0.2, 0.25) is 0 Å². The lowest BCUT2D eigenvalue weighted by Gasteiger charge is -2.27. The molecule has 0 spiro atoms. The quantitative estimate of drug-likeness (QED) is 0.452. The van der Waals surface area contributed by atoms with Gasteiger partial charge < -0.3 is 20.1 Å². The van der Waals surface area contributed by atoms with Crippen LogP contribution in [0.4, 0.5) is 8.78 Å². The number of hydrogen-bond acceptors (Lipinski definition) is 4. The van der Waals surface area contributed by atoms with Gasteiger partial charge in [-0.25, -0.2) is 4.99 Å². The molecule has 1 aromatic rings. The number of nitrogens with zero attached hydrogens (tertiary/aromatic N) is 2. The van der Waals surface area contributed by atoms with Gasteiger partial charge in [-0.1, -0.05) is 13.8 Å². The van der Waals surface area contributed by atoms with Gasteiger partial charge in [-0.3, -0.25) is 4.90 Å². The molecule has 0 bridgehead atoms. The van der Waals surface area contributed by atoms with E-state index in [1.807, 2.05) is 6.92 Å². The van der Waals surface area contributed by atoms with Crippen molar-refractivity contribution in [1.29, 1.82) is 0 Å². The summed E-state index contributed by atoms with van der Waals surface area (Å²) in [6.07, 6.45) is 0. The highest BCUT2D eigenvalue weighted by molar-refractivity contribution is 5.79. The Balaban J connectivity index is 2.87. The van der Waals surface area contributed by atoms with Gasteiger partial charge in [-0.2, -0.15) is 8.78 Å². The van der Waals surface area contributed by atoms with Crippen LogP contribution >= 0.6 is 0 Å². The number of hydrogen-bond donors (Lipinski definition) is 2. The number of benzene rings is 1. The number of methoxy groups -OCH3 is 1.